The summed E-state index contributed by atoms with van der Waals surface area (Å²) in [7, 11) is 0. The van der Waals surface area contributed by atoms with E-state index >= 15 is 0 Å². The fourth-order valence-corrected chi connectivity index (χ4v) is 4.09. The van der Waals surface area contributed by atoms with Gasteiger partial charge in [0.15, 0.2) is 0 Å². The second-order valence-electron chi connectivity index (χ2n) is 7.03. The third kappa shape index (κ3) is 2.54. The second-order valence-corrected chi connectivity index (χ2v) is 7.03. The van der Waals surface area contributed by atoms with Gasteiger partial charge in [0.25, 0.3) is 5.91 Å². The van der Waals surface area contributed by atoms with Crippen LogP contribution in [-0.2, 0) is 9.59 Å². The van der Waals surface area contributed by atoms with Gasteiger partial charge >= 0.3 is 0 Å². The summed E-state index contributed by atoms with van der Waals surface area (Å²) in [5.74, 6) is -0.180. The van der Waals surface area contributed by atoms with Crippen LogP contribution >= 0.6 is 0 Å². The lowest BCUT2D eigenvalue weighted by atomic mass is 10.0. The molecule has 3 heterocycles. The highest BCUT2D eigenvalue weighted by atomic mass is 16.2. The number of nitrogens with one attached hydrogen (secondary N) is 2. The van der Waals surface area contributed by atoms with Crippen molar-refractivity contribution in [2.75, 3.05) is 6.54 Å². The molecule has 2 aliphatic rings. The summed E-state index contributed by atoms with van der Waals surface area (Å²) in [4.78, 5) is 30.5. The quantitative estimate of drug-likeness (QED) is 0.691. The van der Waals surface area contributed by atoms with Crippen molar-refractivity contribution in [1.82, 2.24) is 15.2 Å². The molecular weight excluding hydrogens is 338 g/mol. The maximum absolute atomic E-state index is 12.9. The first-order valence-electron chi connectivity index (χ1n) is 9.22. The van der Waals surface area contributed by atoms with Gasteiger partial charge < -0.3 is 15.2 Å². The second kappa shape index (κ2) is 6.13. The predicted molar refractivity (Wildman–Crippen MR) is 105 cm³/mol. The predicted octanol–water partition coefficient (Wildman–Crippen LogP) is 3.30. The molecule has 134 valence electrons. The number of H-pyrrole nitrogens is 1. The number of hydrogen-bond donors (Lipinski definition) is 2. The number of rotatable bonds is 2. The molecule has 1 atom stereocenters. The Labute approximate surface area is 156 Å². The van der Waals surface area contributed by atoms with Crippen molar-refractivity contribution in [1.29, 1.82) is 0 Å². The minimum absolute atomic E-state index is 0.0838. The van der Waals surface area contributed by atoms with Crippen LogP contribution in [0.2, 0.25) is 0 Å². The Balaban J connectivity index is 1.67. The molecule has 2 fully saturated rings. The first-order valence-corrected chi connectivity index (χ1v) is 9.22. The Kier molecular flexibility index (Phi) is 3.60. The summed E-state index contributed by atoms with van der Waals surface area (Å²) < 4.78 is 0. The third-order valence-corrected chi connectivity index (χ3v) is 5.40. The van der Waals surface area contributed by atoms with E-state index < -0.39 is 0 Å². The molecule has 1 aromatic heterocycles. The minimum atomic E-state index is -0.314. The molecule has 0 bridgehead atoms. The zero-order valence-electron chi connectivity index (χ0n) is 14.7. The number of fused-ring (bicyclic) bond motifs is 2. The van der Waals surface area contributed by atoms with Crippen LogP contribution in [0.15, 0.2) is 60.3 Å². The highest BCUT2D eigenvalue weighted by molar-refractivity contribution is 6.09. The van der Waals surface area contributed by atoms with Crippen LogP contribution in [0.5, 0.6) is 0 Å². The topological polar surface area (TPSA) is 65.2 Å². The van der Waals surface area contributed by atoms with Crippen LogP contribution in [0.3, 0.4) is 0 Å². The molecular formula is C22H19N3O2. The van der Waals surface area contributed by atoms with E-state index in [1.165, 1.54) is 0 Å². The smallest absolute Gasteiger partial charge is 0.271 e. The molecule has 2 aliphatic heterocycles. The number of nitrogens with zero attached hydrogens (tertiary/aromatic N) is 1. The van der Waals surface area contributed by atoms with Gasteiger partial charge in [-0.25, -0.2) is 0 Å². The normalized spacial score (nSPS) is 21.0. The minimum Gasteiger partial charge on any atom is -0.354 e. The number of carbonyl (C=O) groups is 2. The first kappa shape index (κ1) is 15.9. The molecule has 2 aromatic carbocycles. The van der Waals surface area contributed by atoms with Gasteiger partial charge in [0.2, 0.25) is 5.91 Å². The zero-order chi connectivity index (χ0) is 18.4. The van der Waals surface area contributed by atoms with Gasteiger partial charge in [0.1, 0.15) is 11.7 Å². The molecule has 5 rings (SSSR count). The van der Waals surface area contributed by atoms with Crippen molar-refractivity contribution in [3.8, 4) is 11.3 Å². The molecule has 5 heteroatoms. The Morgan fingerprint density at radius 1 is 1.00 bits per heavy atom. The van der Waals surface area contributed by atoms with Gasteiger partial charge in [-0.1, -0.05) is 48.5 Å². The molecule has 0 spiro atoms. The van der Waals surface area contributed by atoms with E-state index in [0.717, 1.165) is 40.6 Å². The van der Waals surface area contributed by atoms with E-state index in [1.807, 2.05) is 60.7 Å². The maximum Gasteiger partial charge on any atom is 0.271 e. The molecule has 0 aliphatic carbocycles. The number of benzene rings is 2. The monoisotopic (exact) mass is 357 g/mol. The molecule has 3 aromatic rings. The SMILES string of the molecule is O=C1N/C(=C\c2c(-c3ccccc3)[nH]c3ccccc23)C(=O)N2CCC[C@H]12. The Morgan fingerprint density at radius 3 is 2.63 bits per heavy atom. The third-order valence-electron chi connectivity index (χ3n) is 5.40. The molecule has 27 heavy (non-hydrogen) atoms. The fourth-order valence-electron chi connectivity index (χ4n) is 4.09. The number of aromatic nitrogens is 1. The average molecular weight is 357 g/mol. The standard InChI is InChI=1S/C22H19N3O2/c26-21-19-11-6-12-25(19)22(27)18(24-21)13-16-15-9-4-5-10-17(15)23-20(16)14-7-2-1-3-8-14/h1-5,7-10,13,19,23H,6,11-12H2,(H,24,26)/b18-13-/t19-/m1/s1. The molecule has 2 amide bonds. The largest absolute Gasteiger partial charge is 0.354 e. The highest BCUT2D eigenvalue weighted by Gasteiger charge is 2.40. The number of para-hydroxylation sites is 1. The van der Waals surface area contributed by atoms with Gasteiger partial charge in [0, 0.05) is 23.0 Å². The van der Waals surface area contributed by atoms with E-state index in [2.05, 4.69) is 10.3 Å². The number of carbonyl (C=O) groups excluding carboxylic acids is 2. The van der Waals surface area contributed by atoms with Gasteiger partial charge in [-0.2, -0.15) is 0 Å². The van der Waals surface area contributed by atoms with Crippen LogP contribution in [0, 0.1) is 0 Å². The van der Waals surface area contributed by atoms with Gasteiger partial charge in [-0.05, 0) is 30.5 Å². The van der Waals surface area contributed by atoms with Crippen molar-refractivity contribution < 1.29 is 9.59 Å². The van der Waals surface area contributed by atoms with E-state index in [-0.39, 0.29) is 17.9 Å². The molecule has 0 radical (unpaired) electrons. The maximum atomic E-state index is 12.9. The Bertz CT molecular complexity index is 1080. The first-order chi connectivity index (χ1) is 13.2. The molecule has 0 unspecified atom stereocenters. The summed E-state index contributed by atoms with van der Waals surface area (Å²) in [6.45, 7) is 0.647. The number of hydrogen-bond acceptors (Lipinski definition) is 2. The summed E-state index contributed by atoms with van der Waals surface area (Å²) >= 11 is 0. The summed E-state index contributed by atoms with van der Waals surface area (Å²) in [5, 5.41) is 3.86. The number of amides is 2. The van der Waals surface area contributed by atoms with E-state index in [0.29, 0.717) is 12.2 Å². The molecule has 5 nitrogen and oxygen atoms in total. The fraction of sp³-hybridized carbons (Fsp3) is 0.182. The highest BCUT2D eigenvalue weighted by Crippen LogP contribution is 2.33. The van der Waals surface area contributed by atoms with E-state index in [9.17, 15) is 9.59 Å². The lowest BCUT2D eigenvalue weighted by Crippen LogP contribution is -2.53. The lowest BCUT2D eigenvalue weighted by Gasteiger charge is -2.30. The zero-order valence-corrected chi connectivity index (χ0v) is 14.7. The van der Waals surface area contributed by atoms with Gasteiger partial charge in [-0.3, -0.25) is 9.59 Å². The number of piperazine rings is 1. The van der Waals surface area contributed by atoms with Crippen molar-refractivity contribution in [2.45, 2.75) is 18.9 Å². The molecule has 0 saturated carbocycles. The summed E-state index contributed by atoms with van der Waals surface area (Å²) in [5.41, 5.74) is 4.24. The van der Waals surface area contributed by atoms with Crippen LogP contribution in [0.1, 0.15) is 18.4 Å². The van der Waals surface area contributed by atoms with Crippen molar-refractivity contribution in [3.63, 3.8) is 0 Å². The summed E-state index contributed by atoms with van der Waals surface area (Å²) in [6, 6.07) is 17.7. The molecule has 2 saturated heterocycles. The van der Waals surface area contributed by atoms with E-state index in [1.54, 1.807) is 4.90 Å². The lowest BCUT2D eigenvalue weighted by molar-refractivity contribution is -0.140. The van der Waals surface area contributed by atoms with Gasteiger partial charge in [-0.15, -0.1) is 0 Å². The van der Waals surface area contributed by atoms with E-state index in [4.69, 9.17) is 0 Å². The van der Waals surface area contributed by atoms with Crippen molar-refractivity contribution in [3.05, 3.63) is 65.9 Å². The Morgan fingerprint density at radius 2 is 1.78 bits per heavy atom. The Hall–Kier alpha value is -3.34. The van der Waals surface area contributed by atoms with Gasteiger partial charge in [0.05, 0.1) is 5.69 Å². The molecule has 2 N–H and O–H groups in total. The van der Waals surface area contributed by atoms with Crippen LogP contribution < -0.4 is 5.32 Å². The summed E-state index contributed by atoms with van der Waals surface area (Å²) in [6.07, 6.45) is 3.43. The van der Waals surface area contributed by atoms with Crippen LogP contribution in [0.25, 0.3) is 28.2 Å². The van der Waals surface area contributed by atoms with Crippen molar-refractivity contribution >= 4 is 28.8 Å². The number of aromatic amines is 1. The van der Waals surface area contributed by atoms with Crippen molar-refractivity contribution in [2.24, 2.45) is 0 Å². The average Bonchev–Trinajstić information content (AvgIpc) is 3.33. The van der Waals surface area contributed by atoms with Crippen LogP contribution in [-0.4, -0.2) is 34.3 Å². The van der Waals surface area contributed by atoms with Crippen LogP contribution in [0.4, 0.5) is 0 Å².